The minimum Gasteiger partial charge on any atom is -0.262 e. The van der Waals surface area contributed by atoms with Crippen LogP contribution in [0.2, 0.25) is 0 Å². The minimum absolute atomic E-state index is 0.0720. The highest BCUT2D eigenvalue weighted by molar-refractivity contribution is 5.92. The van der Waals surface area contributed by atoms with Gasteiger partial charge in [-0.1, -0.05) is 0 Å². The van der Waals surface area contributed by atoms with E-state index in [1.807, 2.05) is 0 Å². The summed E-state index contributed by atoms with van der Waals surface area (Å²) in [6.07, 6.45) is -4.81. The number of hydrogen-bond donors (Lipinski definition) is 0. The molecule has 0 fully saturated rings. The Morgan fingerprint density at radius 1 is 1.18 bits per heavy atom. The molecule has 2 rings (SSSR count). The van der Waals surface area contributed by atoms with Crippen LogP contribution >= 0.6 is 0 Å². The van der Waals surface area contributed by atoms with E-state index in [0.717, 1.165) is 17.1 Å². The molecule has 0 saturated heterocycles. The fraction of sp³-hybridized carbons (Fsp3) is 0.300. The van der Waals surface area contributed by atoms with Gasteiger partial charge >= 0.3 is 6.18 Å². The third-order valence-corrected chi connectivity index (χ3v) is 2.32. The van der Waals surface area contributed by atoms with E-state index in [0.29, 0.717) is 6.07 Å². The van der Waals surface area contributed by atoms with Crippen LogP contribution in [0.3, 0.4) is 0 Å². The Morgan fingerprint density at radius 2 is 1.88 bits per heavy atom. The molecule has 0 aliphatic carbocycles. The van der Waals surface area contributed by atoms with Crippen LogP contribution in [0.15, 0.2) is 23.3 Å². The first kappa shape index (κ1) is 11.8. The second-order valence-corrected chi connectivity index (χ2v) is 3.51. The highest BCUT2D eigenvalue weighted by Crippen LogP contribution is 2.28. The molecule has 0 spiro atoms. The number of halogens is 5. The molecule has 0 amide bonds. The minimum atomic E-state index is -4.51. The lowest BCUT2D eigenvalue weighted by atomic mass is 10.2. The molecule has 1 aliphatic heterocycles. The van der Waals surface area contributed by atoms with E-state index in [4.69, 9.17) is 0 Å². The third-order valence-electron chi connectivity index (χ3n) is 2.32. The standard InChI is InChI=1S/C10H7F5N2/c11-6-1-2-8(7(12)5-6)17-4-3-9(16-17)10(13,14)15/h1-2,5H,3-4H2. The molecule has 0 unspecified atom stereocenters. The molecule has 0 atom stereocenters. The van der Waals surface area contributed by atoms with Crippen LogP contribution in [0.4, 0.5) is 27.6 Å². The van der Waals surface area contributed by atoms with Crippen LogP contribution in [-0.2, 0) is 0 Å². The average molecular weight is 250 g/mol. The van der Waals surface area contributed by atoms with E-state index in [2.05, 4.69) is 5.10 Å². The van der Waals surface area contributed by atoms with Crippen molar-refractivity contribution in [1.29, 1.82) is 0 Å². The van der Waals surface area contributed by atoms with Crippen LogP contribution in [0.1, 0.15) is 6.42 Å². The first-order valence-corrected chi connectivity index (χ1v) is 4.75. The van der Waals surface area contributed by atoms with E-state index in [9.17, 15) is 22.0 Å². The van der Waals surface area contributed by atoms with Gasteiger partial charge in [-0.25, -0.2) is 8.78 Å². The Balaban J connectivity index is 2.29. The molecular formula is C10H7F5N2. The van der Waals surface area contributed by atoms with Crippen LogP contribution in [0.25, 0.3) is 0 Å². The van der Waals surface area contributed by atoms with Crippen LogP contribution in [0.5, 0.6) is 0 Å². The van der Waals surface area contributed by atoms with Crippen molar-refractivity contribution < 1.29 is 22.0 Å². The number of anilines is 1. The third kappa shape index (κ3) is 2.37. The largest absolute Gasteiger partial charge is 0.431 e. The number of hydrazone groups is 1. The summed E-state index contributed by atoms with van der Waals surface area (Å²) in [7, 11) is 0. The van der Waals surface area contributed by atoms with Gasteiger partial charge in [-0.15, -0.1) is 0 Å². The fourth-order valence-electron chi connectivity index (χ4n) is 1.52. The molecular weight excluding hydrogens is 243 g/mol. The lowest BCUT2D eigenvalue weighted by Gasteiger charge is -2.14. The van der Waals surface area contributed by atoms with Crippen LogP contribution < -0.4 is 5.01 Å². The Bertz CT molecular complexity index is 466. The number of rotatable bonds is 1. The lowest BCUT2D eigenvalue weighted by Crippen LogP contribution is -2.20. The highest BCUT2D eigenvalue weighted by atomic mass is 19.4. The van der Waals surface area contributed by atoms with Gasteiger partial charge in [0.2, 0.25) is 0 Å². The lowest BCUT2D eigenvalue weighted by molar-refractivity contribution is -0.0598. The molecule has 1 aliphatic rings. The number of benzene rings is 1. The van der Waals surface area contributed by atoms with Crippen molar-refractivity contribution in [2.75, 3.05) is 11.6 Å². The number of alkyl halides is 3. The molecule has 0 saturated carbocycles. The van der Waals surface area contributed by atoms with Crippen molar-refractivity contribution in [3.05, 3.63) is 29.8 Å². The predicted octanol–water partition coefficient (Wildman–Crippen LogP) is 3.09. The maximum absolute atomic E-state index is 13.3. The van der Waals surface area contributed by atoms with Crippen molar-refractivity contribution >= 4 is 11.4 Å². The predicted molar refractivity (Wildman–Crippen MR) is 51.8 cm³/mol. The molecule has 0 aromatic heterocycles. The van der Waals surface area contributed by atoms with Gasteiger partial charge in [-0.3, -0.25) is 5.01 Å². The summed E-state index contributed by atoms with van der Waals surface area (Å²) in [4.78, 5) is 0. The number of hydrogen-bond acceptors (Lipinski definition) is 2. The maximum Gasteiger partial charge on any atom is 0.431 e. The summed E-state index contributed by atoms with van der Waals surface area (Å²) < 4.78 is 62.8. The smallest absolute Gasteiger partial charge is 0.262 e. The van der Waals surface area contributed by atoms with Crippen LogP contribution in [0, 0.1) is 11.6 Å². The molecule has 1 heterocycles. The van der Waals surface area contributed by atoms with Crippen LogP contribution in [-0.4, -0.2) is 18.4 Å². The molecule has 7 heteroatoms. The summed E-state index contributed by atoms with van der Waals surface area (Å²) in [5.41, 5.74) is -1.12. The topological polar surface area (TPSA) is 15.6 Å². The molecule has 0 bridgehead atoms. The molecule has 92 valence electrons. The Morgan fingerprint density at radius 3 is 2.41 bits per heavy atom. The zero-order valence-corrected chi connectivity index (χ0v) is 8.43. The zero-order valence-electron chi connectivity index (χ0n) is 8.43. The van der Waals surface area contributed by atoms with E-state index in [-0.39, 0.29) is 18.7 Å². The molecule has 2 nitrogen and oxygen atoms in total. The second kappa shape index (κ2) is 3.97. The molecule has 0 N–H and O–H groups in total. The van der Waals surface area contributed by atoms with E-state index in [1.54, 1.807) is 0 Å². The van der Waals surface area contributed by atoms with Gasteiger partial charge in [0, 0.05) is 19.0 Å². The molecule has 0 radical (unpaired) electrons. The Kier molecular flexibility index (Phi) is 2.76. The second-order valence-electron chi connectivity index (χ2n) is 3.51. The summed E-state index contributed by atoms with van der Waals surface area (Å²) in [6, 6.07) is 2.64. The Hall–Kier alpha value is -1.66. The van der Waals surface area contributed by atoms with Gasteiger partial charge in [-0.05, 0) is 12.1 Å². The molecule has 1 aromatic carbocycles. The first-order valence-electron chi connectivity index (χ1n) is 4.75. The molecule has 1 aromatic rings. The van der Waals surface area contributed by atoms with Gasteiger partial charge in [0.1, 0.15) is 11.5 Å². The van der Waals surface area contributed by atoms with Crippen molar-refractivity contribution in [3.8, 4) is 0 Å². The summed E-state index contributed by atoms with van der Waals surface area (Å²) >= 11 is 0. The van der Waals surface area contributed by atoms with E-state index in [1.165, 1.54) is 0 Å². The van der Waals surface area contributed by atoms with E-state index < -0.39 is 23.5 Å². The number of nitrogens with zero attached hydrogens (tertiary/aromatic N) is 2. The Labute approximate surface area is 93.3 Å². The summed E-state index contributed by atoms with van der Waals surface area (Å²) in [6.45, 7) is -0.0720. The van der Waals surface area contributed by atoms with Gasteiger partial charge in [0.05, 0.1) is 5.69 Å². The monoisotopic (exact) mass is 250 g/mol. The highest BCUT2D eigenvalue weighted by Gasteiger charge is 2.39. The average Bonchev–Trinajstić information content (AvgIpc) is 2.65. The van der Waals surface area contributed by atoms with Gasteiger partial charge in [0.25, 0.3) is 0 Å². The SMILES string of the molecule is Fc1ccc(N2CCC(C(F)(F)F)=N2)c(F)c1. The normalized spacial score (nSPS) is 16.3. The van der Waals surface area contributed by atoms with Crippen molar-refractivity contribution in [2.45, 2.75) is 12.6 Å². The van der Waals surface area contributed by atoms with Crippen molar-refractivity contribution in [2.24, 2.45) is 5.10 Å². The molecule has 17 heavy (non-hydrogen) atoms. The van der Waals surface area contributed by atoms with Gasteiger partial charge in [-0.2, -0.15) is 18.3 Å². The van der Waals surface area contributed by atoms with E-state index >= 15 is 0 Å². The van der Waals surface area contributed by atoms with Gasteiger partial charge in [0.15, 0.2) is 5.82 Å². The first-order chi connectivity index (χ1) is 7.88. The fourth-order valence-corrected chi connectivity index (χ4v) is 1.52. The summed E-state index contributed by atoms with van der Waals surface area (Å²) in [5.74, 6) is -1.72. The van der Waals surface area contributed by atoms with Crippen molar-refractivity contribution in [1.82, 2.24) is 0 Å². The van der Waals surface area contributed by atoms with Crippen molar-refractivity contribution in [3.63, 3.8) is 0 Å². The van der Waals surface area contributed by atoms with Gasteiger partial charge < -0.3 is 0 Å². The maximum atomic E-state index is 13.3. The quantitative estimate of drug-likeness (QED) is 0.699. The summed E-state index contributed by atoms with van der Waals surface area (Å²) in [5, 5.41) is 4.17. The zero-order chi connectivity index (χ0) is 12.6.